The Balaban J connectivity index is 2.37. The molecule has 0 fully saturated rings. The molecule has 4 heteroatoms. The van der Waals surface area contributed by atoms with Crippen molar-refractivity contribution in [2.24, 2.45) is 0 Å². The summed E-state index contributed by atoms with van der Waals surface area (Å²) in [7, 11) is -2.69. The van der Waals surface area contributed by atoms with E-state index in [0.717, 1.165) is 0 Å². The van der Waals surface area contributed by atoms with E-state index < -0.39 is 8.32 Å². The molecule has 2 aromatic rings. The van der Waals surface area contributed by atoms with E-state index in [0.29, 0.717) is 19.4 Å². The van der Waals surface area contributed by atoms with Crippen LogP contribution in [0.15, 0.2) is 72.8 Å². The van der Waals surface area contributed by atoms with E-state index in [1.165, 1.54) is 16.4 Å². The van der Waals surface area contributed by atoms with Crippen molar-refractivity contribution in [3.8, 4) is 12.3 Å². The Labute approximate surface area is 182 Å². The van der Waals surface area contributed by atoms with Crippen LogP contribution in [0.1, 0.15) is 40.5 Å². The molecule has 0 aliphatic rings. The minimum Gasteiger partial charge on any atom is -0.463 e. The summed E-state index contributed by atoms with van der Waals surface area (Å²) in [6.45, 7) is 8.85. The first-order chi connectivity index (χ1) is 14.3. The average Bonchev–Trinajstić information content (AvgIpc) is 2.74. The molecule has 30 heavy (non-hydrogen) atoms. The third-order valence-corrected chi connectivity index (χ3v) is 10.1. The lowest BCUT2D eigenvalue weighted by Gasteiger charge is -2.44. The number of rotatable bonds is 9. The molecular formula is C26H32O3Si. The molecule has 2 rings (SSSR count). The second-order valence-electron chi connectivity index (χ2n) is 8.17. The Morgan fingerprint density at radius 3 is 2.03 bits per heavy atom. The molecule has 158 valence electrons. The van der Waals surface area contributed by atoms with Crippen LogP contribution in [0.4, 0.5) is 0 Å². The second-order valence-corrected chi connectivity index (χ2v) is 12.4. The highest BCUT2D eigenvalue weighted by Gasteiger charge is 2.51. The van der Waals surface area contributed by atoms with E-state index in [9.17, 15) is 4.79 Å². The molecule has 0 heterocycles. The zero-order valence-electron chi connectivity index (χ0n) is 18.4. The Hall–Kier alpha value is -2.61. The van der Waals surface area contributed by atoms with Gasteiger partial charge in [0.15, 0.2) is 0 Å². The lowest BCUT2D eigenvalue weighted by Crippen LogP contribution is -2.67. The molecule has 0 spiro atoms. The fourth-order valence-corrected chi connectivity index (χ4v) is 8.33. The van der Waals surface area contributed by atoms with Gasteiger partial charge in [-0.05, 0) is 35.2 Å². The van der Waals surface area contributed by atoms with Crippen LogP contribution >= 0.6 is 0 Å². The van der Waals surface area contributed by atoms with Crippen molar-refractivity contribution in [3.05, 3.63) is 72.8 Å². The Kier molecular flexibility index (Phi) is 8.65. The number of carbonyl (C=O) groups excluding carboxylic acids is 1. The molecule has 0 aliphatic carbocycles. The molecular weight excluding hydrogens is 388 g/mol. The van der Waals surface area contributed by atoms with Crippen molar-refractivity contribution in [3.63, 3.8) is 0 Å². The highest BCUT2D eigenvalue weighted by molar-refractivity contribution is 6.99. The van der Waals surface area contributed by atoms with Gasteiger partial charge in [-0.15, -0.1) is 6.42 Å². The van der Waals surface area contributed by atoms with E-state index >= 15 is 0 Å². The first-order valence-electron chi connectivity index (χ1n) is 10.4. The van der Waals surface area contributed by atoms with Crippen LogP contribution in [-0.2, 0) is 14.0 Å². The average molecular weight is 421 g/mol. The summed E-state index contributed by atoms with van der Waals surface area (Å²) >= 11 is 0. The molecule has 0 unspecified atom stereocenters. The smallest absolute Gasteiger partial charge is 0.330 e. The number of hydrogen-bond donors (Lipinski definition) is 0. The number of terminal acetylenes is 1. The van der Waals surface area contributed by atoms with E-state index in [-0.39, 0.29) is 17.1 Å². The van der Waals surface area contributed by atoms with Crippen LogP contribution in [0.2, 0.25) is 5.04 Å². The molecule has 0 amide bonds. The monoisotopic (exact) mass is 420 g/mol. The van der Waals surface area contributed by atoms with E-state index in [2.05, 4.69) is 75.2 Å². The summed E-state index contributed by atoms with van der Waals surface area (Å²) in [5, 5.41) is 2.27. The van der Waals surface area contributed by atoms with Crippen molar-refractivity contribution < 1.29 is 14.0 Å². The molecule has 0 saturated heterocycles. The Bertz CT molecular complexity index is 821. The number of carbonyl (C=O) groups is 1. The number of ether oxygens (including phenoxy) is 1. The summed E-state index contributed by atoms with van der Waals surface area (Å²) in [6.07, 6.45) is 10.1. The summed E-state index contributed by atoms with van der Waals surface area (Å²) in [5.41, 5.74) is 0. The molecule has 0 bridgehead atoms. The topological polar surface area (TPSA) is 35.5 Å². The van der Waals surface area contributed by atoms with Crippen LogP contribution in [0.25, 0.3) is 0 Å². The third-order valence-electron chi connectivity index (χ3n) is 5.06. The maximum atomic E-state index is 11.5. The van der Waals surface area contributed by atoms with Crippen LogP contribution in [-0.4, -0.2) is 27.0 Å². The molecule has 0 aliphatic heterocycles. The van der Waals surface area contributed by atoms with Crippen LogP contribution in [0.5, 0.6) is 0 Å². The summed E-state index contributed by atoms with van der Waals surface area (Å²) in [5.74, 6) is 2.51. The number of hydrogen-bond acceptors (Lipinski definition) is 3. The zero-order chi connectivity index (χ0) is 22.0. The van der Waals surface area contributed by atoms with Crippen LogP contribution in [0.3, 0.4) is 0 Å². The minimum atomic E-state index is -2.69. The van der Waals surface area contributed by atoms with Gasteiger partial charge in [-0.25, -0.2) is 4.79 Å². The molecule has 2 aromatic carbocycles. The van der Waals surface area contributed by atoms with Gasteiger partial charge in [0.1, 0.15) is 6.10 Å². The van der Waals surface area contributed by atoms with Gasteiger partial charge in [0.2, 0.25) is 0 Å². The van der Waals surface area contributed by atoms with Crippen LogP contribution in [0, 0.1) is 12.3 Å². The molecule has 0 N–H and O–H groups in total. The maximum Gasteiger partial charge on any atom is 0.330 e. The van der Waals surface area contributed by atoms with Crippen molar-refractivity contribution in [1.29, 1.82) is 0 Å². The zero-order valence-corrected chi connectivity index (χ0v) is 19.4. The number of benzene rings is 2. The quantitative estimate of drug-likeness (QED) is 0.260. The first-order valence-corrected chi connectivity index (χ1v) is 12.3. The van der Waals surface area contributed by atoms with Gasteiger partial charge < -0.3 is 9.16 Å². The highest BCUT2D eigenvalue weighted by atomic mass is 28.4. The second kappa shape index (κ2) is 11.0. The SMILES string of the molecule is C#C[C@H](CC/C=C/C(=O)OCC)O[Si](c1ccccc1)(c1ccccc1)C(C)(C)C. The van der Waals surface area contributed by atoms with Gasteiger partial charge >= 0.3 is 5.97 Å². The molecule has 0 radical (unpaired) electrons. The van der Waals surface area contributed by atoms with Crippen molar-refractivity contribution in [2.45, 2.75) is 51.7 Å². The normalized spacial score (nSPS) is 13.0. The predicted octanol–water partition coefficient (Wildman–Crippen LogP) is 4.46. The molecule has 0 aromatic heterocycles. The van der Waals surface area contributed by atoms with E-state index in [1.807, 2.05) is 12.1 Å². The number of allylic oxidation sites excluding steroid dienone is 1. The maximum absolute atomic E-state index is 11.5. The lowest BCUT2D eigenvalue weighted by molar-refractivity contribution is -0.137. The van der Waals surface area contributed by atoms with Crippen LogP contribution < -0.4 is 10.4 Å². The fourth-order valence-electron chi connectivity index (χ4n) is 3.70. The lowest BCUT2D eigenvalue weighted by atomic mass is 10.2. The summed E-state index contributed by atoms with van der Waals surface area (Å²) < 4.78 is 11.9. The van der Waals surface area contributed by atoms with Crippen molar-refractivity contribution in [2.75, 3.05) is 6.61 Å². The Morgan fingerprint density at radius 2 is 1.60 bits per heavy atom. The summed E-state index contributed by atoms with van der Waals surface area (Å²) in [6, 6.07) is 20.9. The van der Waals surface area contributed by atoms with Gasteiger partial charge in [-0.1, -0.05) is 93.4 Å². The summed E-state index contributed by atoms with van der Waals surface area (Å²) in [4.78, 5) is 11.5. The Morgan fingerprint density at radius 1 is 1.07 bits per heavy atom. The predicted molar refractivity (Wildman–Crippen MR) is 126 cm³/mol. The minimum absolute atomic E-state index is 0.133. The third kappa shape index (κ3) is 5.72. The van der Waals surface area contributed by atoms with Gasteiger partial charge in [0, 0.05) is 6.08 Å². The van der Waals surface area contributed by atoms with E-state index in [4.69, 9.17) is 15.6 Å². The fraction of sp³-hybridized carbons (Fsp3) is 0.346. The largest absolute Gasteiger partial charge is 0.463 e. The molecule has 3 nitrogen and oxygen atoms in total. The van der Waals surface area contributed by atoms with Gasteiger partial charge in [0.25, 0.3) is 8.32 Å². The van der Waals surface area contributed by atoms with Gasteiger partial charge in [-0.2, -0.15) is 0 Å². The van der Waals surface area contributed by atoms with E-state index in [1.54, 1.807) is 13.0 Å². The number of esters is 1. The van der Waals surface area contributed by atoms with Crippen molar-refractivity contribution >= 4 is 24.7 Å². The van der Waals surface area contributed by atoms with Crippen molar-refractivity contribution in [1.82, 2.24) is 0 Å². The first kappa shape index (κ1) is 23.7. The molecule has 1 atom stereocenters. The molecule has 0 saturated carbocycles. The standard InChI is InChI=1S/C26H32O3Si/c1-6-22(16-14-15-21-25(27)28-7-2)29-30(26(3,4)5,23-17-10-8-11-18-23)24-19-12-9-13-20-24/h1,8-13,15,17-22H,7,14,16H2,2-5H3/b21-15+/t22-/m1/s1. The van der Waals surface area contributed by atoms with Gasteiger partial charge in [-0.3, -0.25) is 0 Å². The van der Waals surface area contributed by atoms with Gasteiger partial charge in [0.05, 0.1) is 6.61 Å². The highest BCUT2D eigenvalue weighted by Crippen LogP contribution is 2.37.